The average molecular weight is 459 g/mol. The van der Waals surface area contributed by atoms with E-state index in [1.807, 2.05) is 68.9 Å². The van der Waals surface area contributed by atoms with Crippen molar-refractivity contribution in [2.24, 2.45) is 7.05 Å². The van der Waals surface area contributed by atoms with Crippen LogP contribution in [0.1, 0.15) is 53.6 Å². The Balaban J connectivity index is 0.000000306. The van der Waals surface area contributed by atoms with Crippen LogP contribution in [0, 0.1) is 20.8 Å². The maximum Gasteiger partial charge on any atom is 0.231 e. The summed E-state index contributed by atoms with van der Waals surface area (Å²) in [7, 11) is 1.97. The summed E-state index contributed by atoms with van der Waals surface area (Å²) in [6.07, 6.45) is 5.22. The Labute approximate surface area is 202 Å². The molecule has 0 amide bonds. The highest BCUT2D eigenvalue weighted by Crippen LogP contribution is 2.33. The molecule has 2 aromatic heterocycles. The molecule has 1 aliphatic rings. The molecule has 0 unspecified atom stereocenters. The zero-order valence-corrected chi connectivity index (χ0v) is 21.0. The Kier molecular flexibility index (Phi) is 8.79. The minimum Gasteiger partial charge on any atom is -0.454 e. The second kappa shape index (κ2) is 12.0. The normalized spacial score (nSPS) is 11.2. The molecule has 6 nitrogen and oxygen atoms in total. The lowest BCUT2D eigenvalue weighted by Crippen LogP contribution is -2.07. The molecule has 0 aliphatic carbocycles. The smallest absolute Gasteiger partial charge is 0.231 e. The van der Waals surface area contributed by atoms with Crippen LogP contribution in [-0.4, -0.2) is 26.3 Å². The molecule has 0 fully saturated rings. The highest BCUT2D eigenvalue weighted by Gasteiger charge is 2.15. The molecule has 0 N–H and O–H groups in total. The van der Waals surface area contributed by atoms with Gasteiger partial charge in [0.15, 0.2) is 11.5 Å². The third-order valence-electron chi connectivity index (χ3n) is 5.61. The van der Waals surface area contributed by atoms with E-state index in [0.29, 0.717) is 6.79 Å². The van der Waals surface area contributed by atoms with Gasteiger partial charge in [0.25, 0.3) is 0 Å². The molecule has 6 heteroatoms. The highest BCUT2D eigenvalue weighted by atomic mass is 16.7. The molecule has 34 heavy (non-hydrogen) atoms. The van der Waals surface area contributed by atoms with Gasteiger partial charge in [0.05, 0.1) is 5.69 Å². The molecule has 0 radical (unpaired) electrons. The van der Waals surface area contributed by atoms with E-state index in [4.69, 9.17) is 14.5 Å². The summed E-state index contributed by atoms with van der Waals surface area (Å²) < 4.78 is 12.8. The quantitative estimate of drug-likeness (QED) is 0.389. The number of aromatic nitrogens is 4. The van der Waals surface area contributed by atoms with E-state index in [-0.39, 0.29) is 0 Å². The molecule has 0 saturated heterocycles. The molecule has 3 heterocycles. The average Bonchev–Trinajstić information content (AvgIpc) is 3.47. The van der Waals surface area contributed by atoms with Gasteiger partial charge < -0.3 is 14.0 Å². The predicted molar refractivity (Wildman–Crippen MR) is 135 cm³/mol. The van der Waals surface area contributed by atoms with Gasteiger partial charge in [0.1, 0.15) is 11.6 Å². The van der Waals surface area contributed by atoms with Crippen molar-refractivity contribution in [2.75, 3.05) is 6.79 Å². The Morgan fingerprint density at radius 3 is 2.24 bits per heavy atom. The summed E-state index contributed by atoms with van der Waals surface area (Å²) in [5.41, 5.74) is 5.64. The first-order valence-corrected chi connectivity index (χ1v) is 11.7. The summed E-state index contributed by atoms with van der Waals surface area (Å²) >= 11 is 0. The van der Waals surface area contributed by atoms with E-state index < -0.39 is 0 Å². The maximum absolute atomic E-state index is 5.48. The van der Waals surface area contributed by atoms with E-state index in [2.05, 4.69) is 42.0 Å². The van der Waals surface area contributed by atoms with E-state index in [9.17, 15) is 0 Å². The maximum atomic E-state index is 5.48. The van der Waals surface area contributed by atoms with Crippen molar-refractivity contribution < 1.29 is 9.47 Å². The Hall–Kier alpha value is -3.67. The summed E-state index contributed by atoms with van der Waals surface area (Å²) in [5.74, 6) is 3.54. The van der Waals surface area contributed by atoms with Gasteiger partial charge in [-0.1, -0.05) is 50.2 Å². The van der Waals surface area contributed by atoms with Crippen LogP contribution in [0.2, 0.25) is 0 Å². The number of rotatable bonds is 4. The Morgan fingerprint density at radius 2 is 1.59 bits per heavy atom. The number of aryl methyl sites for hydroxylation is 3. The molecule has 0 atom stereocenters. The third kappa shape index (κ3) is 6.44. The monoisotopic (exact) mass is 458 g/mol. The lowest BCUT2D eigenvalue weighted by molar-refractivity contribution is 0.174. The van der Waals surface area contributed by atoms with Crippen molar-refractivity contribution in [3.05, 3.63) is 101 Å². The minimum atomic E-state index is 0.297. The number of hydrogen-bond donors (Lipinski definition) is 0. The first-order valence-electron chi connectivity index (χ1n) is 11.7. The van der Waals surface area contributed by atoms with Gasteiger partial charge in [-0.25, -0.2) is 15.0 Å². The van der Waals surface area contributed by atoms with Crippen molar-refractivity contribution in [1.82, 2.24) is 19.5 Å². The predicted octanol–water partition coefficient (Wildman–Crippen LogP) is 5.76. The fraction of sp³-hybridized carbons (Fsp3) is 0.321. The van der Waals surface area contributed by atoms with Crippen LogP contribution in [0.25, 0.3) is 0 Å². The first kappa shape index (κ1) is 25.0. The molecule has 0 spiro atoms. The fourth-order valence-electron chi connectivity index (χ4n) is 3.46. The SMILES string of the molecule is CC.Cc1nc(Cc2ccccc2)nc(Cc2ccc3c(c2)OCO3)c1C.Cc1nccn1C. The molecule has 2 aromatic carbocycles. The van der Waals surface area contributed by atoms with Crippen molar-refractivity contribution >= 4 is 0 Å². The van der Waals surface area contributed by atoms with Crippen LogP contribution in [0.5, 0.6) is 11.5 Å². The molecule has 5 rings (SSSR count). The van der Waals surface area contributed by atoms with Gasteiger partial charge in [-0.05, 0) is 49.6 Å². The number of imidazole rings is 1. The number of benzene rings is 2. The molecule has 1 aliphatic heterocycles. The van der Waals surface area contributed by atoms with Gasteiger partial charge >= 0.3 is 0 Å². The van der Waals surface area contributed by atoms with Crippen LogP contribution in [0.4, 0.5) is 0 Å². The van der Waals surface area contributed by atoms with Crippen LogP contribution in [-0.2, 0) is 19.9 Å². The molecular weight excluding hydrogens is 424 g/mol. The van der Waals surface area contributed by atoms with E-state index >= 15 is 0 Å². The second-order valence-electron chi connectivity index (χ2n) is 7.91. The minimum absolute atomic E-state index is 0.297. The van der Waals surface area contributed by atoms with Crippen LogP contribution >= 0.6 is 0 Å². The number of ether oxygens (including phenoxy) is 2. The summed E-state index contributed by atoms with van der Waals surface area (Å²) in [5, 5.41) is 0. The highest BCUT2D eigenvalue weighted by molar-refractivity contribution is 5.45. The van der Waals surface area contributed by atoms with Gasteiger partial charge in [-0.15, -0.1) is 0 Å². The van der Waals surface area contributed by atoms with E-state index in [0.717, 1.165) is 58.5 Å². The van der Waals surface area contributed by atoms with Gasteiger partial charge in [0.2, 0.25) is 6.79 Å². The topological polar surface area (TPSA) is 62.1 Å². The Morgan fingerprint density at radius 1 is 0.853 bits per heavy atom. The van der Waals surface area contributed by atoms with Crippen LogP contribution in [0.15, 0.2) is 60.9 Å². The zero-order valence-electron chi connectivity index (χ0n) is 21.0. The molecule has 178 valence electrons. The van der Waals surface area contributed by atoms with Crippen molar-refractivity contribution in [3.63, 3.8) is 0 Å². The number of hydrogen-bond acceptors (Lipinski definition) is 5. The molecule has 0 bridgehead atoms. The van der Waals surface area contributed by atoms with Crippen LogP contribution in [0.3, 0.4) is 0 Å². The summed E-state index contributed by atoms with van der Waals surface area (Å²) in [4.78, 5) is 13.5. The third-order valence-corrected chi connectivity index (χ3v) is 5.61. The lowest BCUT2D eigenvalue weighted by Gasteiger charge is -2.11. The lowest BCUT2D eigenvalue weighted by atomic mass is 10.0. The Bertz CT molecular complexity index is 1190. The molecular formula is C28H34N4O2. The fourth-order valence-corrected chi connectivity index (χ4v) is 3.46. The second-order valence-corrected chi connectivity index (χ2v) is 7.91. The number of nitrogens with zero attached hydrogens (tertiary/aromatic N) is 4. The largest absolute Gasteiger partial charge is 0.454 e. The molecule has 4 aromatic rings. The standard InChI is InChI=1S/C21H20N2O2.C5H8N2.C2H6/c1-14-15(2)22-21(12-16-6-4-3-5-7-16)23-18(14)10-17-8-9-19-20(11-17)25-13-24-19;1-5-6-3-4-7(5)2;1-2/h3-9,11H,10,12-13H2,1-2H3;3-4H,1-2H3;1-2H3. The van der Waals surface area contributed by atoms with Crippen molar-refractivity contribution in [2.45, 2.75) is 47.5 Å². The first-order chi connectivity index (χ1) is 16.5. The zero-order chi connectivity index (χ0) is 24.5. The van der Waals surface area contributed by atoms with Crippen molar-refractivity contribution in [1.29, 1.82) is 0 Å². The number of fused-ring (bicyclic) bond motifs is 1. The van der Waals surface area contributed by atoms with E-state index in [1.54, 1.807) is 6.20 Å². The van der Waals surface area contributed by atoms with Crippen molar-refractivity contribution in [3.8, 4) is 11.5 Å². The van der Waals surface area contributed by atoms with Crippen LogP contribution < -0.4 is 9.47 Å². The molecule has 0 saturated carbocycles. The summed E-state index contributed by atoms with van der Waals surface area (Å²) in [6, 6.07) is 16.4. The van der Waals surface area contributed by atoms with E-state index in [1.165, 1.54) is 5.56 Å². The van der Waals surface area contributed by atoms with Gasteiger partial charge in [-0.2, -0.15) is 0 Å². The van der Waals surface area contributed by atoms with Gasteiger partial charge in [-0.3, -0.25) is 0 Å². The van der Waals surface area contributed by atoms with Gasteiger partial charge in [0, 0.05) is 38.0 Å². The summed E-state index contributed by atoms with van der Waals surface area (Å²) in [6.45, 7) is 10.4.